The third-order valence-electron chi connectivity index (χ3n) is 7.89. The van der Waals surface area contributed by atoms with Crippen molar-refractivity contribution in [2.24, 2.45) is 0 Å². The molecule has 0 bridgehead atoms. The fourth-order valence-corrected chi connectivity index (χ4v) is 6.04. The predicted octanol–water partition coefficient (Wildman–Crippen LogP) is 6.01. The molecule has 0 radical (unpaired) electrons. The minimum Gasteiger partial charge on any atom is -0.436 e. The molecule has 0 N–H and O–H groups in total. The minimum absolute atomic E-state index is 0.00438. The number of hydrogen-bond acceptors (Lipinski definition) is 6. The third kappa shape index (κ3) is 7.12. The van der Waals surface area contributed by atoms with Crippen molar-refractivity contribution in [2.75, 3.05) is 6.61 Å². The van der Waals surface area contributed by atoms with Crippen molar-refractivity contribution in [1.29, 1.82) is 0 Å². The van der Waals surface area contributed by atoms with Gasteiger partial charge in [-0.25, -0.2) is 0 Å². The van der Waals surface area contributed by atoms with Gasteiger partial charge in [-0.05, 0) is 55.5 Å². The molecule has 32 heavy (non-hydrogen) atoms. The Morgan fingerprint density at radius 1 is 0.875 bits per heavy atom. The molecule has 2 heterocycles. The Balaban J connectivity index is 2.08. The number of esters is 1. The maximum absolute atomic E-state index is 11.2. The van der Waals surface area contributed by atoms with E-state index in [2.05, 4.69) is 67.7 Å². The van der Waals surface area contributed by atoms with E-state index in [-0.39, 0.29) is 40.5 Å². The Bertz CT molecular complexity index is 637. The van der Waals surface area contributed by atoms with Gasteiger partial charge in [-0.15, -0.1) is 0 Å². The van der Waals surface area contributed by atoms with Gasteiger partial charge in [-0.3, -0.25) is 4.79 Å². The van der Waals surface area contributed by atoms with Crippen molar-refractivity contribution in [3.05, 3.63) is 0 Å². The van der Waals surface area contributed by atoms with E-state index in [1.54, 1.807) is 0 Å². The van der Waals surface area contributed by atoms with Gasteiger partial charge in [0.1, 0.15) is 0 Å². The van der Waals surface area contributed by atoms with Crippen molar-refractivity contribution in [1.82, 2.24) is 0 Å². The molecule has 0 aliphatic carbocycles. The zero-order chi connectivity index (χ0) is 24.5. The van der Waals surface area contributed by atoms with Gasteiger partial charge in [0.05, 0.1) is 31.0 Å². The van der Waals surface area contributed by atoms with Crippen LogP contribution >= 0.6 is 0 Å². The Kier molecular flexibility index (Phi) is 8.88. The molecule has 2 aliphatic heterocycles. The quantitative estimate of drug-likeness (QED) is 0.308. The first kappa shape index (κ1) is 28.0. The summed E-state index contributed by atoms with van der Waals surface area (Å²) in [5, 5.41) is 0.267. The van der Waals surface area contributed by atoms with Crippen molar-refractivity contribution in [3.63, 3.8) is 0 Å². The first-order valence-electron chi connectivity index (χ1n) is 12.2. The SMILES string of the molecule is CC(=O)OC1CC[C@@H]([C@H]2CC[C@H]([C@@H](CO[Si](C)(C)C(C)(C)C)O[Si](C)(C)C(C)(C)C)O2)O1. The molecule has 8 heteroatoms. The Morgan fingerprint density at radius 3 is 1.94 bits per heavy atom. The second kappa shape index (κ2) is 10.2. The van der Waals surface area contributed by atoms with Crippen molar-refractivity contribution in [3.8, 4) is 0 Å². The summed E-state index contributed by atoms with van der Waals surface area (Å²) in [6.07, 6.45) is 2.90. The Hall–Kier alpha value is -0.256. The maximum Gasteiger partial charge on any atom is 0.304 e. The van der Waals surface area contributed by atoms with Gasteiger partial charge in [0.25, 0.3) is 0 Å². The molecule has 1 unspecified atom stereocenters. The number of carbonyl (C=O) groups is 1. The van der Waals surface area contributed by atoms with E-state index in [0.29, 0.717) is 6.61 Å². The summed E-state index contributed by atoms with van der Waals surface area (Å²) in [5.74, 6) is -0.300. The fraction of sp³-hybridized carbons (Fsp3) is 0.958. The van der Waals surface area contributed by atoms with Crippen LogP contribution in [0.25, 0.3) is 0 Å². The van der Waals surface area contributed by atoms with Crippen LogP contribution in [0.1, 0.15) is 74.1 Å². The zero-order valence-electron chi connectivity index (χ0n) is 22.4. The average molecular weight is 489 g/mol. The van der Waals surface area contributed by atoms with Gasteiger partial charge in [-0.1, -0.05) is 41.5 Å². The molecule has 0 aromatic rings. The number of carbonyl (C=O) groups excluding carboxylic acids is 1. The van der Waals surface area contributed by atoms with Crippen molar-refractivity contribution >= 4 is 22.6 Å². The van der Waals surface area contributed by atoms with Gasteiger partial charge in [-0.2, -0.15) is 0 Å². The van der Waals surface area contributed by atoms with Crippen LogP contribution in [-0.4, -0.2) is 59.9 Å². The second-order valence-corrected chi connectivity index (χ2v) is 22.1. The lowest BCUT2D eigenvalue weighted by Crippen LogP contribution is -2.51. The molecule has 2 rings (SSSR count). The Labute approximate surface area is 198 Å². The van der Waals surface area contributed by atoms with E-state index < -0.39 is 22.9 Å². The standard InChI is InChI=1S/C24H48O6Si2/c1-17(25)27-22-15-14-19(29-22)18-12-13-20(28-18)21(30-32(10,11)24(5,6)7)16-26-31(8,9)23(2,3)4/h18-22H,12-16H2,1-11H3/t18-,19+,20-,21-,22?/m1/s1. The molecule has 6 nitrogen and oxygen atoms in total. The highest BCUT2D eigenvalue weighted by atomic mass is 28.4. The highest BCUT2D eigenvalue weighted by Crippen LogP contribution is 2.41. The molecular weight excluding hydrogens is 440 g/mol. The predicted molar refractivity (Wildman–Crippen MR) is 133 cm³/mol. The number of hydrogen-bond donors (Lipinski definition) is 0. The van der Waals surface area contributed by atoms with E-state index in [0.717, 1.165) is 25.7 Å². The third-order valence-corrected chi connectivity index (χ3v) is 16.9. The normalized spacial score (nSPS) is 28.7. The van der Waals surface area contributed by atoms with Crippen molar-refractivity contribution in [2.45, 2.75) is 141 Å². The van der Waals surface area contributed by atoms with E-state index in [4.69, 9.17) is 23.1 Å². The van der Waals surface area contributed by atoms with Crippen LogP contribution in [0.15, 0.2) is 0 Å². The molecule has 2 saturated heterocycles. The molecule has 2 aliphatic rings. The smallest absolute Gasteiger partial charge is 0.304 e. The van der Waals surface area contributed by atoms with E-state index >= 15 is 0 Å². The van der Waals surface area contributed by atoms with E-state index in [1.165, 1.54) is 6.92 Å². The molecule has 188 valence electrons. The van der Waals surface area contributed by atoms with Crippen LogP contribution in [0.2, 0.25) is 36.3 Å². The second-order valence-electron chi connectivity index (χ2n) is 12.6. The van der Waals surface area contributed by atoms with Crippen LogP contribution in [0.4, 0.5) is 0 Å². The first-order valence-corrected chi connectivity index (χ1v) is 18.0. The summed E-state index contributed by atoms with van der Waals surface area (Å²) in [7, 11) is -3.89. The lowest BCUT2D eigenvalue weighted by Gasteiger charge is -2.43. The Morgan fingerprint density at radius 2 is 1.41 bits per heavy atom. The van der Waals surface area contributed by atoms with E-state index in [9.17, 15) is 4.79 Å². The summed E-state index contributed by atoms with van der Waals surface area (Å²) in [6, 6.07) is 0. The van der Waals surface area contributed by atoms with Gasteiger partial charge < -0.3 is 23.1 Å². The van der Waals surface area contributed by atoms with Crippen LogP contribution in [0.3, 0.4) is 0 Å². The maximum atomic E-state index is 11.2. The molecular formula is C24H48O6Si2. The van der Waals surface area contributed by atoms with Crippen LogP contribution in [0, 0.1) is 0 Å². The lowest BCUT2D eigenvalue weighted by molar-refractivity contribution is -0.182. The summed E-state index contributed by atoms with van der Waals surface area (Å²) in [6.45, 7) is 24.8. The molecule has 5 atom stereocenters. The first-order chi connectivity index (χ1) is 14.4. The van der Waals surface area contributed by atoms with Gasteiger partial charge in [0, 0.05) is 13.3 Å². The van der Waals surface area contributed by atoms with E-state index in [1.807, 2.05) is 0 Å². The molecule has 0 spiro atoms. The molecule has 0 aromatic heterocycles. The topological polar surface area (TPSA) is 63.2 Å². The molecule has 0 aromatic carbocycles. The lowest BCUT2D eigenvalue weighted by atomic mass is 10.1. The van der Waals surface area contributed by atoms with Gasteiger partial charge in [0.15, 0.2) is 16.6 Å². The molecule has 0 saturated carbocycles. The van der Waals surface area contributed by atoms with Crippen molar-refractivity contribution < 1.29 is 27.9 Å². The van der Waals surface area contributed by atoms with Crippen LogP contribution in [0.5, 0.6) is 0 Å². The van der Waals surface area contributed by atoms with Crippen LogP contribution < -0.4 is 0 Å². The number of ether oxygens (including phenoxy) is 3. The average Bonchev–Trinajstić information content (AvgIpc) is 3.25. The summed E-state index contributed by atoms with van der Waals surface area (Å²) in [5.41, 5.74) is 0. The monoisotopic (exact) mass is 488 g/mol. The fourth-order valence-electron chi connectivity index (χ4n) is 3.69. The summed E-state index contributed by atoms with van der Waals surface area (Å²) in [4.78, 5) is 11.2. The van der Waals surface area contributed by atoms with Gasteiger partial charge in [0.2, 0.25) is 6.29 Å². The number of rotatable bonds is 8. The zero-order valence-corrected chi connectivity index (χ0v) is 24.4. The highest BCUT2D eigenvalue weighted by Gasteiger charge is 2.46. The highest BCUT2D eigenvalue weighted by molar-refractivity contribution is 6.74. The largest absolute Gasteiger partial charge is 0.436 e. The molecule has 2 fully saturated rings. The minimum atomic E-state index is -1.99. The summed E-state index contributed by atoms with van der Waals surface area (Å²) >= 11 is 0. The summed E-state index contributed by atoms with van der Waals surface area (Å²) < 4.78 is 31.2. The molecule has 0 amide bonds. The van der Waals surface area contributed by atoms with Crippen LogP contribution in [-0.2, 0) is 27.9 Å². The van der Waals surface area contributed by atoms with Gasteiger partial charge >= 0.3 is 5.97 Å².